The molecule has 0 radical (unpaired) electrons. The number of sulfonamides is 1. The molecule has 0 aliphatic carbocycles. The monoisotopic (exact) mass is 349 g/mol. The average Bonchev–Trinajstić information content (AvgIpc) is 2.42. The summed E-state index contributed by atoms with van der Waals surface area (Å²) in [6.45, 7) is 5.92. The predicted molar refractivity (Wildman–Crippen MR) is 86.1 cm³/mol. The second kappa shape index (κ2) is 6.29. The summed E-state index contributed by atoms with van der Waals surface area (Å²) in [5.74, 6) is -0.503. The number of anilines is 1. The van der Waals surface area contributed by atoms with Crippen LogP contribution in [0.3, 0.4) is 0 Å². The maximum Gasteiger partial charge on any atom is 0.219 e. The standard InChI is InChI=1S/C14H21ClFN3O2S/c1-14(2,3)22(20,21)19-6-4-10(5-7-19)18-13-11(15)8-17-9-12(13)16/h8-10H,4-7H2,1-3H3,(H,17,18). The normalized spacial score (nSPS) is 18.4. The van der Waals surface area contributed by atoms with E-state index in [9.17, 15) is 12.8 Å². The predicted octanol–water partition coefficient (Wildman–Crippen LogP) is 2.88. The second-order valence-electron chi connectivity index (χ2n) is 6.41. The molecule has 0 spiro atoms. The lowest BCUT2D eigenvalue weighted by Crippen LogP contribution is -2.48. The first-order valence-corrected chi connectivity index (χ1v) is 9.00. The van der Waals surface area contributed by atoms with Gasteiger partial charge in [-0.2, -0.15) is 0 Å². The van der Waals surface area contributed by atoms with Gasteiger partial charge in [-0.15, -0.1) is 0 Å². The van der Waals surface area contributed by atoms with Crippen LogP contribution in [0.5, 0.6) is 0 Å². The summed E-state index contributed by atoms with van der Waals surface area (Å²) in [6, 6.07) is -0.0131. The van der Waals surface area contributed by atoms with Crippen molar-refractivity contribution in [3.63, 3.8) is 0 Å². The van der Waals surface area contributed by atoms with E-state index in [1.165, 1.54) is 10.5 Å². The van der Waals surface area contributed by atoms with Crippen molar-refractivity contribution in [2.45, 2.75) is 44.4 Å². The van der Waals surface area contributed by atoms with Gasteiger partial charge in [0.05, 0.1) is 21.7 Å². The molecule has 0 saturated carbocycles. The molecule has 0 bridgehead atoms. The highest BCUT2D eigenvalue weighted by Crippen LogP contribution is 2.28. The highest BCUT2D eigenvalue weighted by atomic mass is 35.5. The first-order valence-electron chi connectivity index (χ1n) is 7.18. The fourth-order valence-corrected chi connectivity index (χ4v) is 4.05. The number of hydrogen-bond donors (Lipinski definition) is 1. The Hall–Kier alpha value is -0.920. The summed E-state index contributed by atoms with van der Waals surface area (Å²) in [5.41, 5.74) is 0.230. The highest BCUT2D eigenvalue weighted by Gasteiger charge is 2.37. The molecule has 0 aromatic carbocycles. The van der Waals surface area contributed by atoms with Crippen LogP contribution in [0.15, 0.2) is 12.4 Å². The molecule has 2 heterocycles. The van der Waals surface area contributed by atoms with Gasteiger partial charge in [0.25, 0.3) is 0 Å². The lowest BCUT2D eigenvalue weighted by atomic mass is 10.1. The minimum absolute atomic E-state index is 0.0131. The van der Waals surface area contributed by atoms with Gasteiger partial charge in [-0.1, -0.05) is 11.6 Å². The van der Waals surface area contributed by atoms with Gasteiger partial charge in [0.1, 0.15) is 0 Å². The summed E-state index contributed by atoms with van der Waals surface area (Å²) in [5, 5.41) is 3.29. The zero-order valence-corrected chi connectivity index (χ0v) is 14.5. The molecule has 124 valence electrons. The summed E-state index contributed by atoms with van der Waals surface area (Å²) in [7, 11) is -3.32. The summed E-state index contributed by atoms with van der Waals surface area (Å²) >= 11 is 5.94. The molecule has 0 unspecified atom stereocenters. The first kappa shape index (κ1) is 17.4. The number of nitrogens with zero attached hydrogens (tertiary/aromatic N) is 2. The second-order valence-corrected chi connectivity index (χ2v) is 9.51. The fourth-order valence-electron chi connectivity index (χ4n) is 2.38. The Labute approximate surface area is 135 Å². The van der Waals surface area contributed by atoms with Crippen molar-refractivity contribution >= 4 is 27.3 Å². The molecule has 5 nitrogen and oxygen atoms in total. The van der Waals surface area contributed by atoms with Crippen molar-refractivity contribution in [2.24, 2.45) is 0 Å². The van der Waals surface area contributed by atoms with E-state index in [-0.39, 0.29) is 16.8 Å². The van der Waals surface area contributed by atoms with E-state index >= 15 is 0 Å². The molecule has 1 fully saturated rings. The number of halogens is 2. The molecule has 1 aromatic heterocycles. The van der Waals surface area contributed by atoms with Gasteiger partial charge in [0.2, 0.25) is 10.0 Å². The van der Waals surface area contributed by atoms with Crippen molar-refractivity contribution < 1.29 is 12.8 Å². The van der Waals surface area contributed by atoms with Crippen molar-refractivity contribution in [3.05, 3.63) is 23.2 Å². The summed E-state index contributed by atoms with van der Waals surface area (Å²) in [6.07, 6.45) is 3.69. The van der Waals surface area contributed by atoms with Gasteiger partial charge in [0.15, 0.2) is 5.82 Å². The van der Waals surface area contributed by atoms with Crippen LogP contribution < -0.4 is 5.32 Å². The van der Waals surface area contributed by atoms with Crippen LogP contribution in [-0.4, -0.2) is 41.6 Å². The smallest absolute Gasteiger partial charge is 0.219 e. The number of piperidine rings is 1. The molecular weight excluding hydrogens is 329 g/mol. The maximum absolute atomic E-state index is 13.7. The maximum atomic E-state index is 13.7. The summed E-state index contributed by atoms with van der Waals surface area (Å²) in [4.78, 5) is 3.67. The number of aromatic nitrogens is 1. The zero-order chi connectivity index (χ0) is 16.5. The van der Waals surface area contributed by atoms with Crippen LogP contribution in [0.2, 0.25) is 5.02 Å². The Balaban J connectivity index is 2.02. The van der Waals surface area contributed by atoms with E-state index in [4.69, 9.17) is 11.6 Å². The third-order valence-electron chi connectivity index (χ3n) is 3.77. The number of pyridine rings is 1. The van der Waals surface area contributed by atoms with Crippen molar-refractivity contribution in [2.75, 3.05) is 18.4 Å². The largest absolute Gasteiger partial charge is 0.379 e. The van der Waals surface area contributed by atoms with Crippen LogP contribution in [0.4, 0.5) is 10.1 Å². The minimum Gasteiger partial charge on any atom is -0.379 e. The van der Waals surface area contributed by atoms with Gasteiger partial charge in [-0.3, -0.25) is 4.98 Å². The minimum atomic E-state index is -3.32. The molecule has 1 N–H and O–H groups in total. The third-order valence-corrected chi connectivity index (χ3v) is 6.65. The Bertz CT molecular complexity index is 618. The number of rotatable bonds is 3. The van der Waals surface area contributed by atoms with Crippen LogP contribution in [0.1, 0.15) is 33.6 Å². The van der Waals surface area contributed by atoms with Gasteiger partial charge in [-0.05, 0) is 33.6 Å². The molecule has 1 saturated heterocycles. The average molecular weight is 350 g/mol. The Kier molecular flexibility index (Phi) is 4.99. The molecule has 22 heavy (non-hydrogen) atoms. The first-order chi connectivity index (χ1) is 10.1. The van der Waals surface area contributed by atoms with Crippen LogP contribution in [0.25, 0.3) is 0 Å². The molecule has 1 aromatic rings. The van der Waals surface area contributed by atoms with E-state index in [2.05, 4.69) is 10.3 Å². The quantitative estimate of drug-likeness (QED) is 0.911. The van der Waals surface area contributed by atoms with Gasteiger partial charge < -0.3 is 5.32 Å². The zero-order valence-electron chi connectivity index (χ0n) is 12.9. The van der Waals surface area contributed by atoms with Crippen LogP contribution >= 0.6 is 11.6 Å². The molecule has 1 aliphatic rings. The number of hydrogen-bond acceptors (Lipinski definition) is 4. The lowest BCUT2D eigenvalue weighted by Gasteiger charge is -2.36. The van der Waals surface area contributed by atoms with E-state index in [1.807, 2.05) is 0 Å². The fraction of sp³-hybridized carbons (Fsp3) is 0.643. The van der Waals surface area contributed by atoms with E-state index in [0.717, 1.165) is 6.20 Å². The van der Waals surface area contributed by atoms with E-state index < -0.39 is 20.6 Å². The van der Waals surface area contributed by atoms with E-state index in [0.29, 0.717) is 25.9 Å². The summed E-state index contributed by atoms with van der Waals surface area (Å²) < 4.78 is 39.2. The molecule has 0 atom stereocenters. The topological polar surface area (TPSA) is 62.3 Å². The van der Waals surface area contributed by atoms with Gasteiger partial charge in [0, 0.05) is 25.3 Å². The van der Waals surface area contributed by atoms with Crippen molar-refractivity contribution in [1.29, 1.82) is 0 Å². The van der Waals surface area contributed by atoms with Crippen molar-refractivity contribution in [1.82, 2.24) is 9.29 Å². The molecule has 2 rings (SSSR count). The SMILES string of the molecule is CC(C)(C)S(=O)(=O)N1CCC(Nc2c(F)cncc2Cl)CC1. The molecular formula is C14H21ClFN3O2S. The molecule has 8 heteroatoms. The van der Waals surface area contributed by atoms with E-state index in [1.54, 1.807) is 20.8 Å². The number of nitrogens with one attached hydrogen (secondary N) is 1. The molecule has 1 aliphatic heterocycles. The lowest BCUT2D eigenvalue weighted by molar-refractivity contribution is 0.321. The van der Waals surface area contributed by atoms with Gasteiger partial charge in [-0.25, -0.2) is 17.1 Å². The third kappa shape index (κ3) is 3.52. The Morgan fingerprint density at radius 3 is 2.41 bits per heavy atom. The van der Waals surface area contributed by atoms with Crippen LogP contribution in [-0.2, 0) is 10.0 Å². The highest BCUT2D eigenvalue weighted by molar-refractivity contribution is 7.90. The van der Waals surface area contributed by atoms with Crippen LogP contribution in [0, 0.1) is 5.82 Å². The van der Waals surface area contributed by atoms with Gasteiger partial charge >= 0.3 is 0 Å². The molecule has 0 amide bonds. The Morgan fingerprint density at radius 2 is 1.91 bits per heavy atom. The van der Waals surface area contributed by atoms with Crippen molar-refractivity contribution in [3.8, 4) is 0 Å². The Morgan fingerprint density at radius 1 is 1.32 bits per heavy atom.